The Morgan fingerprint density at radius 1 is 1.14 bits per heavy atom. The van der Waals surface area contributed by atoms with Gasteiger partial charge in [-0.1, -0.05) is 36.8 Å². The number of hydrogen-bond acceptors (Lipinski definition) is 3. The smallest absolute Gasteiger partial charge is 0.350 e. The van der Waals surface area contributed by atoms with Gasteiger partial charge >= 0.3 is 6.18 Å². The molecular formula is C20H23F3N2O3S. The van der Waals surface area contributed by atoms with Gasteiger partial charge in [-0.2, -0.15) is 13.2 Å². The molecule has 1 amide bonds. The van der Waals surface area contributed by atoms with Crippen LogP contribution in [0.3, 0.4) is 0 Å². The van der Waals surface area contributed by atoms with Crippen molar-refractivity contribution < 1.29 is 26.4 Å². The van der Waals surface area contributed by atoms with Crippen molar-refractivity contribution in [3.05, 3.63) is 65.2 Å². The molecule has 0 aromatic heterocycles. The molecule has 29 heavy (non-hydrogen) atoms. The zero-order valence-electron chi connectivity index (χ0n) is 16.3. The molecule has 1 N–H and O–H groups in total. The van der Waals surface area contributed by atoms with E-state index in [4.69, 9.17) is 0 Å². The number of nitrogens with zero attached hydrogens (tertiary/aromatic N) is 1. The summed E-state index contributed by atoms with van der Waals surface area (Å²) in [7, 11) is -3.77. The number of carbonyl (C=O) groups excluding carboxylic acids is 1. The highest BCUT2D eigenvalue weighted by Crippen LogP contribution is 2.29. The van der Waals surface area contributed by atoms with Gasteiger partial charge in [0.1, 0.15) is 6.04 Å². The van der Waals surface area contributed by atoms with Gasteiger partial charge in [0.2, 0.25) is 15.9 Å². The Labute approximate surface area is 168 Å². The SMILES string of the molecule is CC[C@H](C(=O)NCc1cccc(C(F)(F)F)c1)N(c1ccc(C)cc1)S(C)(=O)=O. The molecule has 0 bridgehead atoms. The van der Waals surface area contributed by atoms with Gasteiger partial charge in [0.15, 0.2) is 0 Å². The summed E-state index contributed by atoms with van der Waals surface area (Å²) < 4.78 is 64.3. The topological polar surface area (TPSA) is 66.5 Å². The maximum absolute atomic E-state index is 12.8. The first kappa shape index (κ1) is 22.7. The van der Waals surface area contributed by atoms with Crippen LogP contribution < -0.4 is 9.62 Å². The fraction of sp³-hybridized carbons (Fsp3) is 0.350. The Kier molecular flexibility index (Phi) is 6.94. The van der Waals surface area contributed by atoms with Crippen molar-refractivity contribution >= 4 is 21.6 Å². The number of nitrogens with one attached hydrogen (secondary N) is 1. The largest absolute Gasteiger partial charge is 0.416 e. The molecule has 0 aliphatic carbocycles. The highest BCUT2D eigenvalue weighted by Gasteiger charge is 2.32. The van der Waals surface area contributed by atoms with Crippen molar-refractivity contribution in [2.75, 3.05) is 10.6 Å². The lowest BCUT2D eigenvalue weighted by Crippen LogP contribution is -2.49. The Morgan fingerprint density at radius 2 is 1.76 bits per heavy atom. The van der Waals surface area contributed by atoms with Gasteiger partial charge < -0.3 is 5.32 Å². The van der Waals surface area contributed by atoms with Crippen LogP contribution in [0.25, 0.3) is 0 Å². The second kappa shape index (κ2) is 8.86. The van der Waals surface area contributed by atoms with Crippen molar-refractivity contribution in [2.24, 2.45) is 0 Å². The summed E-state index contributed by atoms with van der Waals surface area (Å²) in [6.07, 6.45) is -3.28. The van der Waals surface area contributed by atoms with E-state index in [0.717, 1.165) is 28.3 Å². The Morgan fingerprint density at radius 3 is 2.28 bits per heavy atom. The standard InChI is InChI=1S/C20H23F3N2O3S/c1-4-18(25(29(3,27)28)17-10-8-14(2)9-11-17)19(26)24-13-15-6-5-7-16(12-15)20(21,22)23/h5-12,18H,4,13H2,1-3H3,(H,24,26)/t18-/m1/s1. The Hall–Kier alpha value is -2.55. The lowest BCUT2D eigenvalue weighted by Gasteiger charge is -2.30. The molecule has 0 aliphatic rings. The number of anilines is 1. The first-order valence-corrected chi connectivity index (χ1v) is 10.8. The zero-order chi connectivity index (χ0) is 21.8. The van der Waals surface area contributed by atoms with Crippen LogP contribution >= 0.6 is 0 Å². The van der Waals surface area contributed by atoms with Gasteiger partial charge in [-0.25, -0.2) is 8.42 Å². The summed E-state index contributed by atoms with van der Waals surface area (Å²) in [6.45, 7) is 3.37. The maximum atomic E-state index is 12.8. The van der Waals surface area contributed by atoms with E-state index in [1.165, 1.54) is 12.1 Å². The van der Waals surface area contributed by atoms with Crippen LogP contribution in [-0.4, -0.2) is 26.6 Å². The summed E-state index contributed by atoms with van der Waals surface area (Å²) >= 11 is 0. The molecule has 9 heteroatoms. The van der Waals surface area contributed by atoms with E-state index in [2.05, 4.69) is 5.32 Å². The third-order valence-corrected chi connectivity index (χ3v) is 5.52. The van der Waals surface area contributed by atoms with Gasteiger partial charge in [0.25, 0.3) is 0 Å². The molecule has 2 aromatic rings. The van der Waals surface area contributed by atoms with E-state index in [1.54, 1.807) is 31.2 Å². The third-order valence-electron chi connectivity index (χ3n) is 4.34. The molecule has 158 valence electrons. The molecular weight excluding hydrogens is 405 g/mol. The predicted octanol–water partition coefficient (Wildman–Crippen LogP) is 3.87. The minimum absolute atomic E-state index is 0.148. The summed E-state index contributed by atoms with van der Waals surface area (Å²) in [6, 6.07) is 10.3. The average molecular weight is 428 g/mol. The van der Waals surface area contributed by atoms with Gasteiger partial charge in [-0.05, 0) is 43.2 Å². The molecule has 5 nitrogen and oxygen atoms in total. The molecule has 0 heterocycles. The van der Waals surface area contributed by atoms with Crippen molar-refractivity contribution in [3.8, 4) is 0 Å². The number of sulfonamides is 1. The molecule has 0 spiro atoms. The quantitative estimate of drug-likeness (QED) is 0.728. The number of amides is 1. The van der Waals surface area contributed by atoms with Crippen LogP contribution in [0.4, 0.5) is 18.9 Å². The molecule has 0 aliphatic heterocycles. The van der Waals surface area contributed by atoms with E-state index in [9.17, 15) is 26.4 Å². The predicted molar refractivity (Wildman–Crippen MR) is 106 cm³/mol. The summed E-state index contributed by atoms with van der Waals surface area (Å²) in [5, 5.41) is 2.55. The second-order valence-electron chi connectivity index (χ2n) is 6.73. The van der Waals surface area contributed by atoms with Crippen LogP contribution in [0.5, 0.6) is 0 Å². The van der Waals surface area contributed by atoms with Crippen LogP contribution in [-0.2, 0) is 27.5 Å². The fourth-order valence-electron chi connectivity index (χ4n) is 2.92. The van der Waals surface area contributed by atoms with Crippen molar-refractivity contribution in [1.82, 2.24) is 5.32 Å². The van der Waals surface area contributed by atoms with E-state index < -0.39 is 33.7 Å². The number of benzene rings is 2. The van der Waals surface area contributed by atoms with Gasteiger partial charge in [0, 0.05) is 6.54 Å². The number of halogens is 3. The molecule has 1 atom stereocenters. The first-order valence-electron chi connectivity index (χ1n) is 8.93. The second-order valence-corrected chi connectivity index (χ2v) is 8.59. The molecule has 0 unspecified atom stereocenters. The number of carbonyl (C=O) groups is 1. The highest BCUT2D eigenvalue weighted by molar-refractivity contribution is 7.92. The van der Waals surface area contributed by atoms with Crippen molar-refractivity contribution in [1.29, 1.82) is 0 Å². The lowest BCUT2D eigenvalue weighted by atomic mass is 10.1. The Balaban J connectivity index is 2.23. The monoisotopic (exact) mass is 428 g/mol. The summed E-state index contributed by atoms with van der Waals surface area (Å²) in [4.78, 5) is 12.7. The first-order chi connectivity index (χ1) is 13.4. The number of rotatable bonds is 7. The normalized spacial score (nSPS) is 13.0. The minimum atomic E-state index is -4.48. The molecule has 2 aromatic carbocycles. The van der Waals surface area contributed by atoms with E-state index in [1.807, 2.05) is 6.92 Å². The minimum Gasteiger partial charge on any atom is -0.350 e. The molecule has 0 fully saturated rings. The lowest BCUT2D eigenvalue weighted by molar-refractivity contribution is -0.137. The number of hydrogen-bond donors (Lipinski definition) is 1. The third kappa shape index (κ3) is 5.96. The number of aryl methyl sites for hydroxylation is 1. The Bertz CT molecular complexity index is 958. The average Bonchev–Trinajstić information content (AvgIpc) is 2.63. The van der Waals surface area contributed by atoms with E-state index >= 15 is 0 Å². The molecule has 0 saturated carbocycles. The van der Waals surface area contributed by atoms with Gasteiger partial charge in [-0.15, -0.1) is 0 Å². The van der Waals surface area contributed by atoms with E-state index in [-0.39, 0.29) is 18.5 Å². The highest BCUT2D eigenvalue weighted by atomic mass is 32.2. The summed E-state index contributed by atoms with van der Waals surface area (Å²) in [5.74, 6) is -0.587. The fourth-order valence-corrected chi connectivity index (χ4v) is 4.13. The van der Waals surface area contributed by atoms with Crippen LogP contribution in [0.2, 0.25) is 0 Å². The van der Waals surface area contributed by atoms with Crippen molar-refractivity contribution in [2.45, 2.75) is 39.0 Å². The molecule has 0 saturated heterocycles. The van der Waals surface area contributed by atoms with Crippen LogP contribution in [0.15, 0.2) is 48.5 Å². The van der Waals surface area contributed by atoms with Crippen molar-refractivity contribution in [3.63, 3.8) is 0 Å². The molecule has 2 rings (SSSR count). The maximum Gasteiger partial charge on any atom is 0.416 e. The van der Waals surface area contributed by atoms with Crippen LogP contribution in [0, 0.1) is 6.92 Å². The summed E-state index contributed by atoms with van der Waals surface area (Å²) in [5.41, 5.74) is 0.737. The zero-order valence-corrected chi connectivity index (χ0v) is 17.1. The van der Waals surface area contributed by atoms with E-state index in [0.29, 0.717) is 5.69 Å². The molecule has 0 radical (unpaired) electrons. The van der Waals surface area contributed by atoms with Gasteiger partial charge in [-0.3, -0.25) is 9.10 Å². The number of alkyl halides is 3. The van der Waals surface area contributed by atoms with Crippen LogP contribution in [0.1, 0.15) is 30.0 Å². The van der Waals surface area contributed by atoms with Gasteiger partial charge in [0.05, 0.1) is 17.5 Å².